The average Bonchev–Trinajstić information content (AvgIpc) is 3.79. The van der Waals surface area contributed by atoms with E-state index in [2.05, 4.69) is 65.7 Å². The second kappa shape index (κ2) is 13.7. The number of anilines is 1. The molecule has 3 fully saturated rings. The minimum absolute atomic E-state index is 0.0633. The van der Waals surface area contributed by atoms with Gasteiger partial charge in [-0.2, -0.15) is 4.37 Å². The normalized spacial score (nSPS) is 23.5. The number of hydrogen-bond acceptors (Lipinski definition) is 6. The molecule has 3 aliphatic carbocycles. The minimum atomic E-state index is -0.397. The maximum Gasteiger partial charge on any atom is 0.407 e. The van der Waals surface area contributed by atoms with E-state index in [1.807, 2.05) is 0 Å². The molecule has 234 valence electrons. The molecule has 0 radical (unpaired) electrons. The van der Waals surface area contributed by atoms with Crippen LogP contribution in [0.5, 0.6) is 5.75 Å². The molecule has 2 amide bonds. The molecule has 8 heteroatoms. The third kappa shape index (κ3) is 7.12. The SMILES string of the molecule is CNC(=O)O[C@H]1CC[C@H](C(=O)N(C[C@H]2CC[C@H](c3ccc(OC)c(C)c3)CC2)c2cccc(-c3cc(C4CC4)ns3)c2)CC1. The predicted octanol–water partition coefficient (Wildman–Crippen LogP) is 8.23. The number of methoxy groups -OCH3 is 1. The van der Waals surface area contributed by atoms with E-state index in [1.54, 1.807) is 25.7 Å². The third-order valence-electron chi connectivity index (χ3n) is 9.91. The molecule has 0 aliphatic heterocycles. The van der Waals surface area contributed by atoms with E-state index >= 15 is 0 Å². The minimum Gasteiger partial charge on any atom is -0.496 e. The highest BCUT2D eigenvalue weighted by molar-refractivity contribution is 7.09. The molecule has 44 heavy (non-hydrogen) atoms. The standard InChI is InChI=1S/C36H45N3O4S/c1-23-19-28(15-18-33(23)42-3)25-9-7-24(8-10-25)22-39(35(40)27-13-16-31(17-14-27)43-36(41)37-2)30-6-4-5-29(20-30)34-21-32(38-44-34)26-11-12-26/h4-6,15,18-21,24-27,31H,7-14,16-17,22H2,1-3H3,(H,37,41)/t24-,25-,27-,31-. The summed E-state index contributed by atoms with van der Waals surface area (Å²) in [6.45, 7) is 2.85. The van der Waals surface area contributed by atoms with Gasteiger partial charge in [-0.25, -0.2) is 4.79 Å². The number of hydrogen-bond donors (Lipinski definition) is 1. The summed E-state index contributed by atoms with van der Waals surface area (Å²) in [4.78, 5) is 29.3. The molecular formula is C36H45N3O4S. The number of nitrogens with one attached hydrogen (secondary N) is 1. The van der Waals surface area contributed by atoms with Gasteiger partial charge < -0.3 is 19.7 Å². The number of nitrogens with zero attached hydrogens (tertiary/aromatic N) is 2. The van der Waals surface area contributed by atoms with Gasteiger partial charge in [-0.1, -0.05) is 24.3 Å². The number of aromatic nitrogens is 1. The van der Waals surface area contributed by atoms with Crippen molar-refractivity contribution in [2.24, 2.45) is 11.8 Å². The molecule has 0 atom stereocenters. The Labute approximate surface area is 265 Å². The van der Waals surface area contributed by atoms with Crippen LogP contribution in [0.2, 0.25) is 0 Å². The highest BCUT2D eigenvalue weighted by Gasteiger charge is 2.34. The quantitative estimate of drug-likeness (QED) is 0.262. The van der Waals surface area contributed by atoms with Crippen molar-refractivity contribution < 1.29 is 19.1 Å². The van der Waals surface area contributed by atoms with Crippen LogP contribution in [0, 0.1) is 18.8 Å². The Hall–Kier alpha value is -3.39. The van der Waals surface area contributed by atoms with Gasteiger partial charge in [0.15, 0.2) is 0 Å². The summed E-state index contributed by atoms with van der Waals surface area (Å²) < 4.78 is 15.7. The molecule has 0 saturated heterocycles. The lowest BCUT2D eigenvalue weighted by atomic mass is 9.78. The fourth-order valence-electron chi connectivity index (χ4n) is 7.10. The largest absolute Gasteiger partial charge is 0.496 e. The van der Waals surface area contributed by atoms with Gasteiger partial charge in [0.2, 0.25) is 5.91 Å². The third-order valence-corrected chi connectivity index (χ3v) is 10.8. The lowest BCUT2D eigenvalue weighted by molar-refractivity contribution is -0.124. The molecule has 3 aromatic rings. The van der Waals surface area contributed by atoms with Crippen LogP contribution < -0.4 is 15.0 Å². The Kier molecular flexibility index (Phi) is 9.55. The smallest absolute Gasteiger partial charge is 0.407 e. The van der Waals surface area contributed by atoms with E-state index in [9.17, 15) is 9.59 Å². The molecule has 3 aliphatic rings. The Morgan fingerprint density at radius 2 is 1.68 bits per heavy atom. The van der Waals surface area contributed by atoms with Gasteiger partial charge in [-0.3, -0.25) is 4.79 Å². The van der Waals surface area contributed by atoms with Crippen molar-refractivity contribution in [1.29, 1.82) is 0 Å². The number of aryl methyl sites for hydroxylation is 1. The molecule has 1 heterocycles. The van der Waals surface area contributed by atoms with Gasteiger partial charge in [-0.05, 0) is 135 Å². The first kappa shape index (κ1) is 30.6. The summed E-state index contributed by atoms with van der Waals surface area (Å²) in [6, 6.07) is 17.3. The monoisotopic (exact) mass is 615 g/mol. The molecular weight excluding hydrogens is 570 g/mol. The number of alkyl carbamates (subject to hydrolysis) is 1. The number of benzene rings is 2. The first-order valence-corrected chi connectivity index (χ1v) is 17.1. The van der Waals surface area contributed by atoms with E-state index in [-0.39, 0.29) is 17.9 Å². The van der Waals surface area contributed by atoms with Crippen LogP contribution in [0.4, 0.5) is 10.5 Å². The van der Waals surface area contributed by atoms with Crippen molar-refractivity contribution in [3.63, 3.8) is 0 Å². The van der Waals surface area contributed by atoms with E-state index in [1.165, 1.54) is 34.5 Å². The Bertz CT molecular complexity index is 1450. The second-order valence-corrected chi connectivity index (χ2v) is 13.8. The van der Waals surface area contributed by atoms with Gasteiger partial charge >= 0.3 is 6.09 Å². The van der Waals surface area contributed by atoms with Crippen LogP contribution in [0.15, 0.2) is 48.5 Å². The summed E-state index contributed by atoms with van der Waals surface area (Å²) in [5, 5.41) is 2.54. The van der Waals surface area contributed by atoms with E-state index in [0.29, 0.717) is 17.8 Å². The maximum atomic E-state index is 14.3. The summed E-state index contributed by atoms with van der Waals surface area (Å²) >= 11 is 1.56. The molecule has 3 saturated carbocycles. The summed E-state index contributed by atoms with van der Waals surface area (Å²) in [7, 11) is 3.30. The number of rotatable bonds is 9. The van der Waals surface area contributed by atoms with Crippen LogP contribution in [-0.2, 0) is 9.53 Å². The lowest BCUT2D eigenvalue weighted by Crippen LogP contribution is -2.42. The average molecular weight is 616 g/mol. The maximum absolute atomic E-state index is 14.3. The molecule has 2 aromatic carbocycles. The zero-order valence-corrected chi connectivity index (χ0v) is 27.0. The summed E-state index contributed by atoms with van der Waals surface area (Å²) in [5.41, 5.74) is 5.90. The Morgan fingerprint density at radius 1 is 0.932 bits per heavy atom. The zero-order valence-electron chi connectivity index (χ0n) is 26.2. The highest BCUT2D eigenvalue weighted by atomic mass is 32.1. The van der Waals surface area contributed by atoms with Crippen molar-refractivity contribution in [3.05, 3.63) is 65.4 Å². The summed E-state index contributed by atoms with van der Waals surface area (Å²) in [6.07, 6.45) is 9.33. The molecule has 0 spiro atoms. The van der Waals surface area contributed by atoms with Crippen molar-refractivity contribution in [2.75, 3.05) is 25.6 Å². The highest BCUT2D eigenvalue weighted by Crippen LogP contribution is 2.43. The van der Waals surface area contributed by atoms with Gasteiger partial charge in [0.25, 0.3) is 0 Å². The van der Waals surface area contributed by atoms with E-state index < -0.39 is 6.09 Å². The Balaban J connectivity index is 1.17. The summed E-state index contributed by atoms with van der Waals surface area (Å²) in [5.74, 6) is 2.71. The van der Waals surface area contributed by atoms with Gasteiger partial charge in [0, 0.05) is 31.1 Å². The number of amides is 2. The van der Waals surface area contributed by atoms with Crippen LogP contribution in [0.25, 0.3) is 10.4 Å². The lowest BCUT2D eigenvalue weighted by Gasteiger charge is -2.36. The van der Waals surface area contributed by atoms with Gasteiger partial charge in [0.1, 0.15) is 11.9 Å². The van der Waals surface area contributed by atoms with Crippen molar-refractivity contribution in [1.82, 2.24) is 9.69 Å². The molecule has 7 nitrogen and oxygen atoms in total. The number of carbonyl (C=O) groups is 2. The first-order chi connectivity index (χ1) is 21.4. The van der Waals surface area contributed by atoms with E-state index in [4.69, 9.17) is 13.8 Å². The molecule has 1 N–H and O–H groups in total. The Morgan fingerprint density at radius 3 is 2.36 bits per heavy atom. The van der Waals surface area contributed by atoms with Gasteiger partial charge in [0.05, 0.1) is 17.7 Å². The number of ether oxygens (including phenoxy) is 2. The second-order valence-electron chi connectivity index (χ2n) is 13.0. The predicted molar refractivity (Wildman–Crippen MR) is 176 cm³/mol. The fraction of sp³-hybridized carbons (Fsp3) is 0.528. The molecule has 0 bridgehead atoms. The van der Waals surface area contributed by atoms with Crippen molar-refractivity contribution in [2.45, 2.75) is 89.1 Å². The van der Waals surface area contributed by atoms with Crippen LogP contribution in [0.1, 0.15) is 92.9 Å². The molecule has 0 unspecified atom stereocenters. The zero-order chi connectivity index (χ0) is 30.6. The first-order valence-electron chi connectivity index (χ1n) is 16.3. The topological polar surface area (TPSA) is 80.8 Å². The van der Waals surface area contributed by atoms with Crippen molar-refractivity contribution >= 4 is 29.2 Å². The number of carbonyl (C=O) groups excluding carboxylic acids is 2. The van der Waals surface area contributed by atoms with E-state index in [0.717, 1.165) is 74.9 Å². The molecule has 1 aromatic heterocycles. The van der Waals surface area contributed by atoms with Crippen LogP contribution in [-0.4, -0.2) is 43.2 Å². The van der Waals surface area contributed by atoms with Crippen LogP contribution >= 0.6 is 11.5 Å². The van der Waals surface area contributed by atoms with Crippen LogP contribution in [0.3, 0.4) is 0 Å². The van der Waals surface area contributed by atoms with Gasteiger partial charge in [-0.15, -0.1) is 0 Å². The molecule has 6 rings (SSSR count). The van der Waals surface area contributed by atoms with Crippen molar-refractivity contribution in [3.8, 4) is 16.2 Å². The fourth-order valence-corrected chi connectivity index (χ4v) is 7.91.